The number of halogens is 1. The minimum atomic E-state index is -0.548. The molecule has 0 bridgehead atoms. The van der Waals surface area contributed by atoms with Gasteiger partial charge < -0.3 is 20.7 Å². The summed E-state index contributed by atoms with van der Waals surface area (Å²) in [5.74, 6) is 0.0287. The van der Waals surface area contributed by atoms with E-state index in [9.17, 15) is 14.0 Å². The lowest BCUT2D eigenvalue weighted by Gasteiger charge is -2.23. The minimum Gasteiger partial charge on any atom is -0.479 e. The van der Waals surface area contributed by atoms with Gasteiger partial charge in [-0.2, -0.15) is 0 Å². The summed E-state index contributed by atoms with van der Waals surface area (Å²) in [5, 5.41) is 8.05. The van der Waals surface area contributed by atoms with E-state index in [1.165, 1.54) is 6.07 Å². The number of hydrogen-bond acceptors (Lipinski definition) is 3. The first-order valence-corrected chi connectivity index (χ1v) is 7.93. The van der Waals surface area contributed by atoms with Crippen molar-refractivity contribution < 1.29 is 18.7 Å². The fourth-order valence-corrected chi connectivity index (χ4v) is 2.47. The van der Waals surface area contributed by atoms with Gasteiger partial charge in [-0.25, -0.2) is 9.18 Å². The van der Waals surface area contributed by atoms with E-state index in [0.29, 0.717) is 35.7 Å². The number of amides is 3. The van der Waals surface area contributed by atoms with Crippen LogP contribution in [0.5, 0.6) is 5.75 Å². The molecule has 25 heavy (non-hydrogen) atoms. The fourth-order valence-electron chi connectivity index (χ4n) is 2.47. The highest BCUT2D eigenvalue weighted by Crippen LogP contribution is 2.32. The molecule has 1 heterocycles. The first kappa shape index (κ1) is 16.8. The Morgan fingerprint density at radius 1 is 1.28 bits per heavy atom. The Balaban J connectivity index is 1.54. The number of carbonyl (C=O) groups is 2. The van der Waals surface area contributed by atoms with Crippen LogP contribution in [0.4, 0.5) is 20.6 Å². The number of hydrogen-bond donors (Lipinski definition) is 3. The largest absolute Gasteiger partial charge is 0.479 e. The van der Waals surface area contributed by atoms with E-state index < -0.39 is 12.1 Å². The lowest BCUT2D eigenvalue weighted by Crippen LogP contribution is -2.34. The second-order valence-corrected chi connectivity index (χ2v) is 5.68. The second-order valence-electron chi connectivity index (χ2n) is 5.68. The molecule has 3 N–H and O–H groups in total. The third-order valence-electron chi connectivity index (χ3n) is 3.81. The number of nitrogens with one attached hydrogen (secondary N) is 3. The van der Waals surface area contributed by atoms with Crippen molar-refractivity contribution in [2.24, 2.45) is 0 Å². The second kappa shape index (κ2) is 7.21. The summed E-state index contributed by atoms with van der Waals surface area (Å²) in [6.07, 6.45) is -0.153. The summed E-state index contributed by atoms with van der Waals surface area (Å²) in [6, 6.07) is 11.0. The average Bonchev–Trinajstić information content (AvgIpc) is 2.58. The zero-order valence-electron chi connectivity index (χ0n) is 13.6. The van der Waals surface area contributed by atoms with Gasteiger partial charge in [0.15, 0.2) is 6.10 Å². The van der Waals surface area contributed by atoms with Gasteiger partial charge in [-0.15, -0.1) is 0 Å². The summed E-state index contributed by atoms with van der Waals surface area (Å²) in [5.41, 5.74) is 1.57. The van der Waals surface area contributed by atoms with Gasteiger partial charge in [-0.05, 0) is 43.2 Å². The number of benzene rings is 2. The van der Waals surface area contributed by atoms with Crippen LogP contribution in [0.2, 0.25) is 0 Å². The van der Waals surface area contributed by atoms with Gasteiger partial charge in [-0.3, -0.25) is 4.79 Å². The predicted molar refractivity (Wildman–Crippen MR) is 92.3 cm³/mol. The molecule has 7 heteroatoms. The van der Waals surface area contributed by atoms with Crippen molar-refractivity contribution in [2.45, 2.75) is 19.4 Å². The quantitative estimate of drug-likeness (QED) is 0.799. The van der Waals surface area contributed by atoms with Crippen LogP contribution in [0.25, 0.3) is 0 Å². The number of ether oxygens (including phenoxy) is 1. The van der Waals surface area contributed by atoms with Crippen LogP contribution in [0.3, 0.4) is 0 Å². The number of carbonyl (C=O) groups excluding carboxylic acids is 2. The van der Waals surface area contributed by atoms with Crippen LogP contribution in [0, 0.1) is 5.82 Å². The Hall–Kier alpha value is -3.09. The van der Waals surface area contributed by atoms with Crippen LogP contribution in [0.1, 0.15) is 12.5 Å². The summed E-state index contributed by atoms with van der Waals surface area (Å²) < 4.78 is 19.0. The maximum atomic E-state index is 13.5. The molecule has 0 aromatic heterocycles. The van der Waals surface area contributed by atoms with Gasteiger partial charge >= 0.3 is 6.03 Å². The van der Waals surface area contributed by atoms with Gasteiger partial charge in [-0.1, -0.05) is 18.2 Å². The van der Waals surface area contributed by atoms with E-state index >= 15 is 0 Å². The molecule has 0 aliphatic carbocycles. The van der Waals surface area contributed by atoms with E-state index in [0.717, 1.165) is 0 Å². The monoisotopic (exact) mass is 343 g/mol. The van der Waals surface area contributed by atoms with Crippen LogP contribution in [-0.4, -0.2) is 24.6 Å². The van der Waals surface area contributed by atoms with Gasteiger partial charge in [0.05, 0.1) is 5.69 Å². The van der Waals surface area contributed by atoms with Gasteiger partial charge in [0.1, 0.15) is 11.6 Å². The Bertz CT molecular complexity index is 810. The van der Waals surface area contributed by atoms with Crippen molar-refractivity contribution in [2.75, 3.05) is 17.2 Å². The summed E-state index contributed by atoms with van der Waals surface area (Å²) in [4.78, 5) is 23.6. The normalized spacial score (nSPS) is 15.6. The van der Waals surface area contributed by atoms with Crippen molar-refractivity contribution in [3.63, 3.8) is 0 Å². The van der Waals surface area contributed by atoms with Crippen LogP contribution in [-0.2, 0) is 11.2 Å². The summed E-state index contributed by atoms with van der Waals surface area (Å²) in [7, 11) is 0. The lowest BCUT2D eigenvalue weighted by molar-refractivity contribution is -0.122. The molecular formula is C18H18FN3O3. The zero-order chi connectivity index (χ0) is 17.8. The first-order chi connectivity index (χ1) is 12.0. The van der Waals surface area contributed by atoms with Crippen molar-refractivity contribution >= 4 is 23.3 Å². The zero-order valence-corrected chi connectivity index (χ0v) is 13.6. The van der Waals surface area contributed by atoms with Gasteiger partial charge in [0, 0.05) is 12.2 Å². The Labute approximate surface area is 144 Å². The maximum Gasteiger partial charge on any atom is 0.319 e. The van der Waals surface area contributed by atoms with E-state index in [2.05, 4.69) is 16.0 Å². The van der Waals surface area contributed by atoms with Crippen molar-refractivity contribution in [1.82, 2.24) is 5.32 Å². The molecule has 0 unspecified atom stereocenters. The molecule has 0 fully saturated rings. The Morgan fingerprint density at radius 2 is 2.08 bits per heavy atom. The van der Waals surface area contributed by atoms with Crippen LogP contribution >= 0.6 is 0 Å². The summed E-state index contributed by atoms with van der Waals surface area (Å²) in [6.45, 7) is 1.96. The smallest absolute Gasteiger partial charge is 0.319 e. The molecular weight excluding hydrogens is 325 g/mol. The molecule has 2 aromatic rings. The number of urea groups is 1. The minimum absolute atomic E-state index is 0.237. The number of anilines is 2. The van der Waals surface area contributed by atoms with E-state index in [1.54, 1.807) is 43.3 Å². The fraction of sp³-hybridized carbons (Fsp3) is 0.222. The first-order valence-electron chi connectivity index (χ1n) is 7.93. The van der Waals surface area contributed by atoms with Crippen molar-refractivity contribution in [3.05, 3.63) is 53.8 Å². The highest BCUT2D eigenvalue weighted by Gasteiger charge is 2.23. The van der Waals surface area contributed by atoms with Crippen LogP contribution in [0.15, 0.2) is 42.5 Å². The molecule has 0 saturated carbocycles. The van der Waals surface area contributed by atoms with Crippen molar-refractivity contribution in [1.29, 1.82) is 0 Å². The molecule has 3 amide bonds. The molecule has 1 aliphatic rings. The summed E-state index contributed by atoms with van der Waals surface area (Å²) >= 11 is 0. The topological polar surface area (TPSA) is 79.5 Å². The Morgan fingerprint density at radius 3 is 2.88 bits per heavy atom. The highest BCUT2D eigenvalue weighted by molar-refractivity contribution is 5.99. The highest BCUT2D eigenvalue weighted by atomic mass is 19.1. The predicted octanol–water partition coefficient (Wildman–Crippen LogP) is 2.91. The average molecular weight is 343 g/mol. The van der Waals surface area contributed by atoms with Crippen LogP contribution < -0.4 is 20.7 Å². The van der Waals surface area contributed by atoms with E-state index in [4.69, 9.17) is 4.74 Å². The number of rotatable bonds is 4. The van der Waals surface area contributed by atoms with E-state index in [-0.39, 0.29) is 11.7 Å². The Kier molecular flexibility index (Phi) is 4.83. The molecule has 1 atom stereocenters. The molecule has 0 spiro atoms. The standard InChI is InChI=1S/C18H18FN3O3/c1-11-17(23)22-15-10-13(6-7-16(15)25-11)21-18(24)20-9-8-12-4-2-3-5-14(12)19/h2-7,10-11H,8-9H2,1H3,(H,22,23)(H2,20,21,24)/t11-/m0/s1. The third kappa shape index (κ3) is 4.06. The maximum absolute atomic E-state index is 13.5. The molecule has 0 radical (unpaired) electrons. The lowest BCUT2D eigenvalue weighted by atomic mass is 10.1. The molecule has 130 valence electrons. The third-order valence-corrected chi connectivity index (χ3v) is 3.81. The molecule has 6 nitrogen and oxygen atoms in total. The molecule has 0 saturated heterocycles. The molecule has 1 aliphatic heterocycles. The molecule has 3 rings (SSSR count). The van der Waals surface area contributed by atoms with Gasteiger partial charge in [0.25, 0.3) is 5.91 Å². The number of fused-ring (bicyclic) bond motifs is 1. The van der Waals surface area contributed by atoms with Crippen molar-refractivity contribution in [3.8, 4) is 5.75 Å². The van der Waals surface area contributed by atoms with Gasteiger partial charge in [0.2, 0.25) is 0 Å². The van der Waals surface area contributed by atoms with E-state index in [1.807, 2.05) is 0 Å². The SMILES string of the molecule is C[C@@H]1Oc2ccc(NC(=O)NCCc3ccccc3F)cc2NC1=O. The molecule has 2 aromatic carbocycles.